The van der Waals surface area contributed by atoms with Crippen LogP contribution in [0.2, 0.25) is 0 Å². The van der Waals surface area contributed by atoms with E-state index in [9.17, 15) is 5.11 Å². The van der Waals surface area contributed by atoms with Gasteiger partial charge in [-0.2, -0.15) is 0 Å². The van der Waals surface area contributed by atoms with Crippen molar-refractivity contribution in [2.45, 2.75) is 38.4 Å². The Morgan fingerprint density at radius 1 is 1.47 bits per heavy atom. The van der Waals surface area contributed by atoms with Crippen molar-refractivity contribution in [3.8, 4) is 0 Å². The fourth-order valence-corrected chi connectivity index (χ4v) is 1.94. The van der Waals surface area contributed by atoms with E-state index < -0.39 is 0 Å². The first-order valence-electron chi connectivity index (χ1n) is 5.11. The van der Waals surface area contributed by atoms with E-state index in [1.807, 2.05) is 6.08 Å². The Morgan fingerprint density at radius 3 is 2.60 bits per heavy atom. The molecule has 0 aromatic carbocycles. The molecule has 15 heavy (non-hydrogen) atoms. The first-order valence-corrected chi connectivity index (χ1v) is 6.06. The maximum Gasteiger partial charge on any atom is 0.0663 e. The van der Waals surface area contributed by atoms with Crippen LogP contribution in [0.5, 0.6) is 0 Å². The molecule has 5 atom stereocenters. The molecule has 0 amide bonds. The van der Waals surface area contributed by atoms with Gasteiger partial charge in [0, 0.05) is 25.4 Å². The van der Waals surface area contributed by atoms with Crippen LogP contribution >= 0.6 is 18.9 Å². The monoisotopic (exact) mass is 252 g/mol. The molecule has 0 radical (unpaired) electrons. The normalized spacial score (nSPS) is 17.1. The predicted molar refractivity (Wildman–Crippen MR) is 69.5 cm³/mol. The second-order valence-electron chi connectivity index (χ2n) is 3.73. The maximum atomic E-state index is 9.69. The molecule has 0 saturated carbocycles. The Kier molecular flexibility index (Phi) is 10.00. The van der Waals surface area contributed by atoms with E-state index in [1.165, 1.54) is 0 Å². The van der Waals surface area contributed by atoms with Crippen LogP contribution in [0.4, 0.5) is 0 Å². The largest absolute Gasteiger partial charge is 0.393 e. The number of aliphatic hydroxyl groups excluding tert-OH is 1. The lowest BCUT2D eigenvalue weighted by atomic mass is 9.95. The number of aliphatic hydroxyl groups is 1. The third-order valence-corrected chi connectivity index (χ3v) is 3.01. The Labute approximate surface area is 97.2 Å². The van der Waals surface area contributed by atoms with E-state index in [2.05, 4.69) is 32.4 Å². The molecular formula is C10H22O3P2. The van der Waals surface area contributed by atoms with Gasteiger partial charge in [-0.1, -0.05) is 13.0 Å². The van der Waals surface area contributed by atoms with Gasteiger partial charge in [0.15, 0.2) is 0 Å². The van der Waals surface area contributed by atoms with Gasteiger partial charge in [0.05, 0.1) is 18.8 Å². The minimum absolute atomic E-state index is 0.0486. The summed E-state index contributed by atoms with van der Waals surface area (Å²) in [5.74, 6) is 0.367. The highest BCUT2D eigenvalue weighted by Crippen LogP contribution is 2.20. The first-order chi connectivity index (χ1) is 7.15. The lowest BCUT2D eigenvalue weighted by molar-refractivity contribution is 0.0659. The van der Waals surface area contributed by atoms with Crippen LogP contribution in [-0.4, -0.2) is 23.9 Å². The second-order valence-corrected chi connectivity index (χ2v) is 4.33. The van der Waals surface area contributed by atoms with Gasteiger partial charge >= 0.3 is 0 Å². The molecule has 0 aromatic rings. The highest BCUT2D eigenvalue weighted by molar-refractivity contribution is 7.10. The summed E-state index contributed by atoms with van der Waals surface area (Å²) in [4.78, 5) is 0. The molecule has 0 aromatic heterocycles. The van der Waals surface area contributed by atoms with E-state index in [0.29, 0.717) is 25.4 Å². The second kappa shape index (κ2) is 9.69. The zero-order valence-electron chi connectivity index (χ0n) is 9.26. The molecule has 0 aliphatic carbocycles. The molecule has 3 nitrogen and oxygen atoms in total. The first kappa shape index (κ1) is 15.5. The molecule has 0 aliphatic rings. The van der Waals surface area contributed by atoms with Crippen molar-refractivity contribution in [3.05, 3.63) is 12.7 Å². The number of hydrogen-bond acceptors (Lipinski definition) is 3. The van der Waals surface area contributed by atoms with Crippen molar-refractivity contribution in [2.75, 3.05) is 6.61 Å². The van der Waals surface area contributed by atoms with Crippen LogP contribution in [0.25, 0.3) is 0 Å². The van der Waals surface area contributed by atoms with Gasteiger partial charge in [-0.05, 0) is 18.8 Å². The van der Waals surface area contributed by atoms with E-state index >= 15 is 0 Å². The standard InChI is InChI=1S/C10H22O3P2/c1-3-4-8(2)10(13-15)7-9(11)5-6-12-14/h3,8-11H,1,4-7,14-15H2,2H3/t8-,9-,10+/m0/s1. The highest BCUT2D eigenvalue weighted by Gasteiger charge is 2.19. The Morgan fingerprint density at radius 2 is 2.13 bits per heavy atom. The zero-order chi connectivity index (χ0) is 11.7. The smallest absolute Gasteiger partial charge is 0.0663 e. The van der Waals surface area contributed by atoms with Crippen molar-refractivity contribution in [1.82, 2.24) is 0 Å². The van der Waals surface area contributed by atoms with E-state index in [4.69, 9.17) is 9.05 Å². The van der Waals surface area contributed by atoms with Gasteiger partial charge in [-0.25, -0.2) is 0 Å². The molecule has 0 bridgehead atoms. The molecule has 0 heterocycles. The van der Waals surface area contributed by atoms with E-state index in [-0.39, 0.29) is 12.2 Å². The third kappa shape index (κ3) is 7.38. The van der Waals surface area contributed by atoms with Gasteiger partial charge in [0.2, 0.25) is 0 Å². The maximum absolute atomic E-state index is 9.69. The molecule has 0 rings (SSSR count). The van der Waals surface area contributed by atoms with E-state index in [1.54, 1.807) is 0 Å². The summed E-state index contributed by atoms with van der Waals surface area (Å²) in [7, 11) is 4.45. The average Bonchev–Trinajstić information content (AvgIpc) is 2.23. The van der Waals surface area contributed by atoms with Crippen molar-refractivity contribution in [3.63, 3.8) is 0 Å². The van der Waals surface area contributed by atoms with Crippen LogP contribution in [0, 0.1) is 5.92 Å². The minimum atomic E-state index is -0.372. The van der Waals surface area contributed by atoms with Crippen molar-refractivity contribution < 1.29 is 14.2 Å². The number of allylic oxidation sites excluding steroid dienone is 1. The van der Waals surface area contributed by atoms with Crippen LogP contribution in [0.15, 0.2) is 12.7 Å². The summed E-state index contributed by atoms with van der Waals surface area (Å²) in [6.45, 7) is 6.34. The number of rotatable bonds is 9. The SMILES string of the molecule is C=CC[C@H](C)[C@@H](C[C@@H](O)CCOP)OP. The molecular weight excluding hydrogens is 230 g/mol. The number of hydrogen-bond donors (Lipinski definition) is 1. The summed E-state index contributed by atoms with van der Waals surface area (Å²) in [6, 6.07) is 0. The summed E-state index contributed by atoms with van der Waals surface area (Å²) in [6.07, 6.45) is 3.71. The van der Waals surface area contributed by atoms with Crippen molar-refractivity contribution in [2.24, 2.45) is 5.92 Å². The molecule has 5 heteroatoms. The molecule has 0 saturated heterocycles. The average molecular weight is 252 g/mol. The molecule has 90 valence electrons. The summed E-state index contributed by atoms with van der Waals surface area (Å²) < 4.78 is 10.1. The van der Waals surface area contributed by atoms with Crippen LogP contribution in [-0.2, 0) is 9.05 Å². The quantitative estimate of drug-likeness (QED) is 0.505. The zero-order valence-corrected chi connectivity index (χ0v) is 11.6. The molecule has 0 fully saturated rings. The predicted octanol–water partition coefficient (Wildman–Crippen LogP) is 2.32. The molecule has 2 unspecified atom stereocenters. The molecule has 1 N–H and O–H groups in total. The molecule has 0 aliphatic heterocycles. The van der Waals surface area contributed by atoms with Gasteiger partial charge in [0.1, 0.15) is 0 Å². The lowest BCUT2D eigenvalue weighted by Crippen LogP contribution is -2.25. The summed E-state index contributed by atoms with van der Waals surface area (Å²) in [5, 5.41) is 9.69. The molecule has 0 spiro atoms. The fourth-order valence-electron chi connectivity index (χ4n) is 1.43. The Bertz CT molecular complexity index is 167. The van der Waals surface area contributed by atoms with Crippen LogP contribution < -0.4 is 0 Å². The lowest BCUT2D eigenvalue weighted by Gasteiger charge is -2.23. The van der Waals surface area contributed by atoms with Gasteiger partial charge < -0.3 is 14.2 Å². The minimum Gasteiger partial charge on any atom is -0.393 e. The van der Waals surface area contributed by atoms with E-state index in [0.717, 1.165) is 6.42 Å². The topological polar surface area (TPSA) is 38.7 Å². The van der Waals surface area contributed by atoms with Crippen molar-refractivity contribution >= 4 is 18.9 Å². The summed E-state index contributed by atoms with van der Waals surface area (Å²) in [5.41, 5.74) is 0. The Balaban J connectivity index is 3.90. The van der Waals surface area contributed by atoms with Gasteiger partial charge in [-0.3, -0.25) is 0 Å². The Hall–Kier alpha value is 0.480. The van der Waals surface area contributed by atoms with Crippen LogP contribution in [0.3, 0.4) is 0 Å². The fraction of sp³-hybridized carbons (Fsp3) is 0.800. The van der Waals surface area contributed by atoms with Crippen LogP contribution in [0.1, 0.15) is 26.2 Å². The van der Waals surface area contributed by atoms with Gasteiger partial charge in [0.25, 0.3) is 0 Å². The summed E-state index contributed by atoms with van der Waals surface area (Å²) >= 11 is 0. The third-order valence-electron chi connectivity index (χ3n) is 2.42. The highest BCUT2D eigenvalue weighted by atomic mass is 31.0. The van der Waals surface area contributed by atoms with Gasteiger partial charge in [-0.15, -0.1) is 6.58 Å². The van der Waals surface area contributed by atoms with Crippen molar-refractivity contribution in [1.29, 1.82) is 0 Å².